The molecular weight excluding hydrogens is 379 g/mol. The second-order valence-corrected chi connectivity index (χ2v) is 6.69. The van der Waals surface area contributed by atoms with Gasteiger partial charge in [-0.25, -0.2) is 0 Å². The molecule has 0 fully saturated rings. The SMILES string of the molecule is CC1(c2noc(C[N+](C)(C)C)n2)CNc2ccccc21.[I-]. The van der Waals surface area contributed by atoms with Crippen LogP contribution in [0.2, 0.25) is 0 Å². The van der Waals surface area contributed by atoms with Crippen LogP contribution in [-0.2, 0) is 12.0 Å². The fourth-order valence-electron chi connectivity index (χ4n) is 2.63. The molecule has 3 rings (SSSR count). The molecule has 2 aromatic rings. The molecule has 1 aliphatic rings. The van der Waals surface area contributed by atoms with Gasteiger partial charge in [-0.15, -0.1) is 0 Å². The maximum atomic E-state index is 5.43. The fourth-order valence-corrected chi connectivity index (χ4v) is 2.63. The summed E-state index contributed by atoms with van der Waals surface area (Å²) in [5, 5.41) is 7.64. The van der Waals surface area contributed by atoms with Gasteiger partial charge in [0.1, 0.15) is 0 Å². The Balaban J connectivity index is 0.00000161. The molecule has 0 spiro atoms. The Labute approximate surface area is 142 Å². The molecule has 2 heterocycles. The molecule has 1 aromatic carbocycles. The Morgan fingerprint density at radius 2 is 2.00 bits per heavy atom. The molecule has 1 atom stereocenters. The highest BCUT2D eigenvalue weighted by Gasteiger charge is 2.40. The molecule has 114 valence electrons. The molecule has 1 unspecified atom stereocenters. The number of benzene rings is 1. The van der Waals surface area contributed by atoms with E-state index < -0.39 is 0 Å². The summed E-state index contributed by atoms with van der Waals surface area (Å²) in [6, 6.07) is 8.31. The molecule has 0 aliphatic carbocycles. The van der Waals surface area contributed by atoms with Crippen molar-refractivity contribution in [3.05, 3.63) is 41.5 Å². The van der Waals surface area contributed by atoms with Gasteiger partial charge in [-0.2, -0.15) is 4.98 Å². The number of rotatable bonds is 3. The van der Waals surface area contributed by atoms with Gasteiger partial charge >= 0.3 is 0 Å². The van der Waals surface area contributed by atoms with E-state index >= 15 is 0 Å². The normalized spacial score (nSPS) is 20.6. The van der Waals surface area contributed by atoms with Crippen LogP contribution in [0, 0.1) is 0 Å². The van der Waals surface area contributed by atoms with E-state index in [2.05, 4.69) is 61.7 Å². The van der Waals surface area contributed by atoms with Crippen LogP contribution in [0.5, 0.6) is 0 Å². The zero-order valence-electron chi connectivity index (χ0n) is 12.9. The van der Waals surface area contributed by atoms with Crippen molar-refractivity contribution in [2.24, 2.45) is 0 Å². The van der Waals surface area contributed by atoms with E-state index in [1.165, 1.54) is 5.56 Å². The van der Waals surface area contributed by atoms with Gasteiger partial charge in [-0.1, -0.05) is 23.4 Å². The third kappa shape index (κ3) is 3.06. The first-order chi connectivity index (χ1) is 9.38. The van der Waals surface area contributed by atoms with Gasteiger partial charge in [-0.05, 0) is 18.6 Å². The summed E-state index contributed by atoms with van der Waals surface area (Å²) in [6.45, 7) is 3.69. The highest BCUT2D eigenvalue weighted by molar-refractivity contribution is 5.62. The summed E-state index contributed by atoms with van der Waals surface area (Å²) < 4.78 is 6.20. The van der Waals surface area contributed by atoms with Crippen LogP contribution in [0.15, 0.2) is 28.8 Å². The van der Waals surface area contributed by atoms with E-state index in [-0.39, 0.29) is 29.4 Å². The zero-order valence-corrected chi connectivity index (χ0v) is 15.0. The second kappa shape index (κ2) is 5.57. The van der Waals surface area contributed by atoms with Crippen LogP contribution < -0.4 is 29.3 Å². The number of nitrogens with zero attached hydrogens (tertiary/aromatic N) is 3. The van der Waals surface area contributed by atoms with Gasteiger partial charge in [0.15, 0.2) is 12.4 Å². The van der Waals surface area contributed by atoms with Gasteiger partial charge < -0.3 is 38.3 Å². The highest BCUT2D eigenvalue weighted by Crippen LogP contribution is 2.40. The number of fused-ring (bicyclic) bond motifs is 1. The van der Waals surface area contributed by atoms with E-state index in [0.717, 1.165) is 29.1 Å². The number of halogens is 1. The molecule has 0 saturated carbocycles. The highest BCUT2D eigenvalue weighted by atomic mass is 127. The van der Waals surface area contributed by atoms with E-state index in [9.17, 15) is 0 Å². The van der Waals surface area contributed by atoms with Crippen LogP contribution in [-0.4, -0.2) is 42.3 Å². The number of aromatic nitrogens is 2. The predicted octanol–water partition coefficient (Wildman–Crippen LogP) is -0.989. The number of hydrogen-bond acceptors (Lipinski definition) is 4. The van der Waals surface area contributed by atoms with Crippen molar-refractivity contribution in [3.63, 3.8) is 0 Å². The smallest absolute Gasteiger partial charge is 0.281 e. The molecule has 1 aromatic heterocycles. The first kappa shape index (κ1) is 16.2. The van der Waals surface area contributed by atoms with E-state index in [4.69, 9.17) is 4.52 Å². The van der Waals surface area contributed by atoms with Crippen molar-refractivity contribution in [2.45, 2.75) is 18.9 Å². The van der Waals surface area contributed by atoms with Crippen LogP contribution in [0.1, 0.15) is 24.2 Å². The molecule has 1 aliphatic heterocycles. The summed E-state index contributed by atoms with van der Waals surface area (Å²) in [7, 11) is 6.33. The summed E-state index contributed by atoms with van der Waals surface area (Å²) in [5.41, 5.74) is 2.18. The Hall–Kier alpha value is -1.15. The van der Waals surface area contributed by atoms with E-state index in [1.54, 1.807) is 0 Å². The van der Waals surface area contributed by atoms with Crippen molar-refractivity contribution in [1.29, 1.82) is 0 Å². The van der Waals surface area contributed by atoms with E-state index in [1.807, 2.05) is 6.07 Å². The average molecular weight is 400 g/mol. The minimum absolute atomic E-state index is 0. The topological polar surface area (TPSA) is 51.0 Å². The Morgan fingerprint density at radius 1 is 1.29 bits per heavy atom. The maximum absolute atomic E-state index is 5.43. The zero-order chi connectivity index (χ0) is 14.4. The lowest BCUT2D eigenvalue weighted by Gasteiger charge is -2.21. The van der Waals surface area contributed by atoms with Crippen molar-refractivity contribution >= 4 is 5.69 Å². The molecule has 0 amide bonds. The van der Waals surface area contributed by atoms with Crippen LogP contribution in [0.4, 0.5) is 5.69 Å². The van der Waals surface area contributed by atoms with Crippen molar-refractivity contribution < 1.29 is 33.0 Å². The third-order valence-electron chi connectivity index (χ3n) is 3.73. The lowest BCUT2D eigenvalue weighted by molar-refractivity contribution is -0.885. The Bertz CT molecular complexity index is 635. The molecular formula is C15H21IN4O. The van der Waals surface area contributed by atoms with Crippen molar-refractivity contribution in [2.75, 3.05) is 33.0 Å². The lowest BCUT2D eigenvalue weighted by atomic mass is 9.84. The first-order valence-electron chi connectivity index (χ1n) is 6.85. The first-order valence-corrected chi connectivity index (χ1v) is 6.85. The Morgan fingerprint density at radius 3 is 2.71 bits per heavy atom. The summed E-state index contributed by atoms with van der Waals surface area (Å²) in [5.74, 6) is 1.46. The number of nitrogens with one attached hydrogen (secondary N) is 1. The molecule has 0 saturated heterocycles. The fraction of sp³-hybridized carbons (Fsp3) is 0.467. The monoisotopic (exact) mass is 400 g/mol. The summed E-state index contributed by atoms with van der Waals surface area (Å²) >= 11 is 0. The molecule has 1 N–H and O–H groups in total. The largest absolute Gasteiger partial charge is 1.00 e. The average Bonchev–Trinajstić information content (AvgIpc) is 2.95. The second-order valence-electron chi connectivity index (χ2n) is 6.69. The third-order valence-corrected chi connectivity index (χ3v) is 3.73. The van der Waals surface area contributed by atoms with Crippen LogP contribution in [0.3, 0.4) is 0 Å². The minimum Gasteiger partial charge on any atom is -1.00 e. The number of para-hydroxylation sites is 1. The standard InChI is InChI=1S/C15H21N4O.HI/c1-15(10-16-12-8-6-5-7-11(12)15)14-17-13(20-18-14)9-19(2,3)4;/h5-8,16H,9-10H2,1-4H3;1H/q+1;/p-1. The molecule has 0 radical (unpaired) electrons. The molecule has 5 nitrogen and oxygen atoms in total. The van der Waals surface area contributed by atoms with Gasteiger partial charge in [-0.3, -0.25) is 0 Å². The van der Waals surface area contributed by atoms with Crippen molar-refractivity contribution in [3.8, 4) is 0 Å². The number of hydrogen-bond donors (Lipinski definition) is 1. The molecule has 0 bridgehead atoms. The summed E-state index contributed by atoms with van der Waals surface area (Å²) in [6.07, 6.45) is 0. The van der Waals surface area contributed by atoms with E-state index in [0.29, 0.717) is 5.89 Å². The lowest BCUT2D eigenvalue weighted by Crippen LogP contribution is -3.00. The number of anilines is 1. The van der Waals surface area contributed by atoms with Crippen molar-refractivity contribution in [1.82, 2.24) is 10.1 Å². The Kier molecular flexibility index (Phi) is 4.30. The molecule has 6 heteroatoms. The van der Waals surface area contributed by atoms with Gasteiger partial charge in [0.05, 0.1) is 26.6 Å². The van der Waals surface area contributed by atoms with Gasteiger partial charge in [0, 0.05) is 12.2 Å². The molecule has 21 heavy (non-hydrogen) atoms. The van der Waals surface area contributed by atoms with Gasteiger partial charge in [0.25, 0.3) is 5.89 Å². The number of quaternary nitrogens is 1. The summed E-state index contributed by atoms with van der Waals surface area (Å²) in [4.78, 5) is 4.61. The quantitative estimate of drug-likeness (QED) is 0.531. The minimum atomic E-state index is -0.219. The van der Waals surface area contributed by atoms with Crippen LogP contribution in [0.25, 0.3) is 0 Å². The predicted molar refractivity (Wildman–Crippen MR) is 77.4 cm³/mol. The van der Waals surface area contributed by atoms with Gasteiger partial charge in [0.2, 0.25) is 0 Å². The van der Waals surface area contributed by atoms with Crippen LogP contribution >= 0.6 is 0 Å². The maximum Gasteiger partial charge on any atom is 0.281 e.